The summed E-state index contributed by atoms with van der Waals surface area (Å²) in [7, 11) is 0. The summed E-state index contributed by atoms with van der Waals surface area (Å²) in [5, 5.41) is 12.2. The zero-order valence-corrected chi connectivity index (χ0v) is 26.9. The van der Waals surface area contributed by atoms with Crippen molar-refractivity contribution in [2.24, 2.45) is 0 Å². The van der Waals surface area contributed by atoms with Gasteiger partial charge in [-0.15, -0.1) is 0 Å². The highest BCUT2D eigenvalue weighted by molar-refractivity contribution is 5.99. The first-order valence-electron chi connectivity index (χ1n) is 16.6. The van der Waals surface area contributed by atoms with Crippen LogP contribution >= 0.6 is 0 Å². The molecule has 4 N–H and O–H groups in total. The van der Waals surface area contributed by atoms with E-state index in [0.717, 1.165) is 51.1 Å². The lowest BCUT2D eigenvalue weighted by molar-refractivity contribution is 0.0218. The van der Waals surface area contributed by atoms with E-state index in [2.05, 4.69) is 67.5 Å². The number of piperazine rings is 1. The Morgan fingerprint density at radius 3 is 2.50 bits per heavy atom. The average molecular weight is 653 g/mol. The van der Waals surface area contributed by atoms with Crippen molar-refractivity contribution in [1.82, 2.24) is 25.1 Å². The number of anilines is 1. The number of β-amino-alcohol motifs (C(OH)–C–C–N with tert-alkyl or cyclic N) is 1. The highest BCUT2D eigenvalue weighted by atomic mass is 19.1. The fraction of sp³-hybridized carbons (Fsp3) is 0.378. The average Bonchev–Trinajstić information content (AvgIpc) is 3.75. The number of halogens is 1. The first kappa shape index (κ1) is 32.3. The Labute approximate surface area is 279 Å². The summed E-state index contributed by atoms with van der Waals surface area (Å²) in [6.45, 7) is 6.20. The lowest BCUT2D eigenvalue weighted by Gasteiger charge is -2.38. The monoisotopic (exact) mass is 652 g/mol. The Balaban J connectivity index is 0.940. The predicted molar refractivity (Wildman–Crippen MR) is 181 cm³/mol. The number of nitrogens with one attached hydrogen (secondary N) is 1. The second-order valence-corrected chi connectivity index (χ2v) is 12.8. The number of hydrogen-bond acceptors (Lipinski definition) is 9. The maximum absolute atomic E-state index is 13.3. The number of benzene rings is 2. The van der Waals surface area contributed by atoms with Crippen molar-refractivity contribution in [3.05, 3.63) is 101 Å². The van der Waals surface area contributed by atoms with Gasteiger partial charge in [0.1, 0.15) is 11.9 Å². The molecule has 7 rings (SSSR count). The summed E-state index contributed by atoms with van der Waals surface area (Å²) in [5.41, 5.74) is 13.8. The molecule has 250 valence electrons. The van der Waals surface area contributed by atoms with Crippen molar-refractivity contribution < 1.29 is 23.8 Å². The van der Waals surface area contributed by atoms with E-state index >= 15 is 0 Å². The topological polar surface area (TPSA) is 126 Å². The van der Waals surface area contributed by atoms with Gasteiger partial charge >= 0.3 is 0 Å². The molecule has 0 saturated carbocycles. The fourth-order valence-electron chi connectivity index (χ4n) is 7.03. The van der Waals surface area contributed by atoms with Crippen LogP contribution in [-0.2, 0) is 22.5 Å². The summed E-state index contributed by atoms with van der Waals surface area (Å²) in [4.78, 5) is 26.0. The van der Waals surface area contributed by atoms with Crippen LogP contribution in [0.25, 0.3) is 22.3 Å². The lowest BCUT2D eigenvalue weighted by atomic mass is 9.98. The van der Waals surface area contributed by atoms with Crippen molar-refractivity contribution >= 4 is 11.7 Å². The van der Waals surface area contributed by atoms with Gasteiger partial charge in [0.2, 0.25) is 5.95 Å². The summed E-state index contributed by atoms with van der Waals surface area (Å²) in [6.07, 6.45) is 4.85. The van der Waals surface area contributed by atoms with E-state index in [0.29, 0.717) is 37.0 Å². The SMILES string of the molecule is Nc1ncc(-c2ccc(F)nc2)cc1C(=O)N[C@H]1COC[C@@H]1OCc1ccc(-c2ccc3c(c2)CCC3N2CCN(CCO)CC2)cc1. The molecule has 2 aromatic heterocycles. The van der Waals surface area contributed by atoms with Crippen molar-refractivity contribution in [2.75, 3.05) is 58.3 Å². The Bertz CT molecular complexity index is 1730. The molecule has 10 nitrogen and oxygen atoms in total. The maximum atomic E-state index is 13.3. The molecule has 1 unspecified atom stereocenters. The van der Waals surface area contributed by atoms with Crippen LogP contribution in [0.3, 0.4) is 0 Å². The number of aliphatic hydroxyl groups excluding tert-OH is 1. The summed E-state index contributed by atoms with van der Waals surface area (Å²) in [5.74, 6) is -0.872. The van der Waals surface area contributed by atoms with E-state index in [1.807, 2.05) is 0 Å². The van der Waals surface area contributed by atoms with Crippen LogP contribution < -0.4 is 11.1 Å². The molecule has 0 spiro atoms. The predicted octanol–water partition coefficient (Wildman–Crippen LogP) is 3.84. The molecular weight excluding hydrogens is 611 g/mol. The van der Waals surface area contributed by atoms with Gasteiger partial charge in [0.15, 0.2) is 0 Å². The third kappa shape index (κ3) is 7.11. The first-order chi connectivity index (χ1) is 23.4. The molecule has 2 saturated heterocycles. The first-order valence-corrected chi connectivity index (χ1v) is 16.6. The number of carbonyl (C=O) groups is 1. The molecule has 11 heteroatoms. The molecule has 1 amide bonds. The lowest BCUT2D eigenvalue weighted by Crippen LogP contribution is -2.47. The van der Waals surface area contributed by atoms with Crippen LogP contribution in [-0.4, -0.2) is 95.5 Å². The van der Waals surface area contributed by atoms with Gasteiger partial charge < -0.3 is 25.6 Å². The van der Waals surface area contributed by atoms with Crippen LogP contribution in [0.1, 0.15) is 39.5 Å². The molecule has 2 aliphatic heterocycles. The Morgan fingerprint density at radius 1 is 0.958 bits per heavy atom. The molecule has 4 aromatic rings. The minimum Gasteiger partial charge on any atom is -0.395 e. The molecule has 3 aliphatic rings. The fourth-order valence-corrected chi connectivity index (χ4v) is 7.03. The molecular formula is C37H41FN6O4. The standard InChI is InChI=1S/C37H41FN6O4/c38-35-10-7-28(19-40-35)29-18-31(36(39)41-20-29)37(46)42-32-22-47-23-34(32)48-21-24-1-3-25(4-2-24)26-5-8-30-27(17-26)6-9-33(30)44-13-11-43(12-14-44)15-16-45/h1-5,7-8,10,17-20,32-34,45H,6,9,11-16,21-23H2,(H2,39,41)(H,42,46)/t32-,33?,34-/m0/s1. The summed E-state index contributed by atoms with van der Waals surface area (Å²) < 4.78 is 25.2. The second kappa shape index (κ2) is 14.5. The number of aliphatic hydroxyl groups is 1. The number of rotatable bonds is 10. The quantitative estimate of drug-likeness (QED) is 0.219. The van der Waals surface area contributed by atoms with Gasteiger partial charge in [-0.05, 0) is 58.9 Å². The third-order valence-corrected chi connectivity index (χ3v) is 9.77. The van der Waals surface area contributed by atoms with Crippen LogP contribution in [0.5, 0.6) is 0 Å². The van der Waals surface area contributed by atoms with Crippen molar-refractivity contribution in [1.29, 1.82) is 0 Å². The summed E-state index contributed by atoms with van der Waals surface area (Å²) >= 11 is 0. The number of nitrogens with zero attached hydrogens (tertiary/aromatic N) is 4. The molecule has 4 heterocycles. The molecule has 3 atom stereocenters. The van der Waals surface area contributed by atoms with Gasteiger partial charge in [-0.2, -0.15) is 4.39 Å². The largest absolute Gasteiger partial charge is 0.395 e. The number of aromatic nitrogens is 2. The number of carbonyl (C=O) groups excluding carboxylic acids is 1. The number of amides is 1. The van der Waals surface area contributed by atoms with Crippen LogP contribution in [0.2, 0.25) is 0 Å². The van der Waals surface area contributed by atoms with E-state index in [1.54, 1.807) is 12.1 Å². The van der Waals surface area contributed by atoms with Gasteiger partial charge in [-0.25, -0.2) is 9.97 Å². The van der Waals surface area contributed by atoms with Crippen molar-refractivity contribution in [2.45, 2.75) is 37.6 Å². The Morgan fingerprint density at radius 2 is 1.73 bits per heavy atom. The van der Waals surface area contributed by atoms with Gasteiger partial charge in [0, 0.05) is 62.3 Å². The van der Waals surface area contributed by atoms with E-state index in [-0.39, 0.29) is 36.0 Å². The number of fused-ring (bicyclic) bond motifs is 1. The molecule has 0 bridgehead atoms. The normalized spacial score (nSPS) is 21.3. The Hall–Kier alpha value is -4.26. The highest BCUT2D eigenvalue weighted by Crippen LogP contribution is 2.38. The number of aryl methyl sites for hydroxylation is 1. The second-order valence-electron chi connectivity index (χ2n) is 12.8. The van der Waals surface area contributed by atoms with Gasteiger partial charge in [-0.3, -0.25) is 14.6 Å². The van der Waals surface area contributed by atoms with Crippen molar-refractivity contribution in [3.63, 3.8) is 0 Å². The van der Waals surface area contributed by atoms with Crippen LogP contribution in [0.4, 0.5) is 10.2 Å². The van der Waals surface area contributed by atoms with Gasteiger partial charge in [0.05, 0.1) is 38.0 Å². The van der Waals surface area contributed by atoms with Gasteiger partial charge in [-0.1, -0.05) is 42.5 Å². The smallest absolute Gasteiger partial charge is 0.255 e. The number of nitrogens with two attached hydrogens (primary N) is 1. The van der Waals surface area contributed by atoms with E-state index in [4.69, 9.17) is 15.2 Å². The zero-order valence-electron chi connectivity index (χ0n) is 26.9. The van der Waals surface area contributed by atoms with Crippen molar-refractivity contribution in [3.8, 4) is 22.3 Å². The number of hydrogen-bond donors (Lipinski definition) is 3. The number of nitrogen functional groups attached to an aromatic ring is 1. The molecule has 1 aliphatic carbocycles. The molecule has 2 fully saturated rings. The van der Waals surface area contributed by atoms with Gasteiger partial charge in [0.25, 0.3) is 5.91 Å². The molecule has 48 heavy (non-hydrogen) atoms. The minimum absolute atomic E-state index is 0.0966. The number of pyridine rings is 2. The molecule has 2 aromatic carbocycles. The van der Waals surface area contributed by atoms with E-state index < -0.39 is 5.95 Å². The third-order valence-electron chi connectivity index (χ3n) is 9.77. The van der Waals surface area contributed by atoms with E-state index in [9.17, 15) is 14.3 Å². The zero-order chi connectivity index (χ0) is 33.0. The van der Waals surface area contributed by atoms with E-state index in [1.165, 1.54) is 40.7 Å². The number of ether oxygens (including phenoxy) is 2. The highest BCUT2D eigenvalue weighted by Gasteiger charge is 2.32. The Kier molecular flexibility index (Phi) is 9.73. The molecule has 0 radical (unpaired) electrons. The van der Waals surface area contributed by atoms with Crippen LogP contribution in [0.15, 0.2) is 73.1 Å². The van der Waals surface area contributed by atoms with Crippen LogP contribution in [0, 0.1) is 5.95 Å². The maximum Gasteiger partial charge on any atom is 0.255 e. The summed E-state index contributed by atoms with van der Waals surface area (Å²) in [6, 6.07) is 19.9. The minimum atomic E-state index is -0.585.